The fourth-order valence-corrected chi connectivity index (χ4v) is 7.47. The molecule has 4 saturated carbocycles. The van der Waals surface area contributed by atoms with Gasteiger partial charge in [-0.2, -0.15) is 0 Å². The minimum Gasteiger partial charge on any atom is -0.478 e. The number of nitrogens with one attached hydrogen (secondary N) is 2. The Bertz CT molecular complexity index is 1300. The summed E-state index contributed by atoms with van der Waals surface area (Å²) in [5.74, 6) is 1.36. The van der Waals surface area contributed by atoms with Crippen LogP contribution in [0.1, 0.15) is 64.8 Å². The molecule has 6 heteroatoms. The maximum atomic E-state index is 12.9. The number of aromatic carboxylic acids is 1. The third-order valence-corrected chi connectivity index (χ3v) is 8.76. The van der Waals surface area contributed by atoms with Gasteiger partial charge >= 0.3 is 5.97 Å². The molecule has 7 rings (SSSR count). The van der Waals surface area contributed by atoms with Crippen molar-refractivity contribution < 1.29 is 14.7 Å². The first-order valence-electron chi connectivity index (χ1n) is 12.7. The molecule has 0 aromatic heterocycles. The van der Waals surface area contributed by atoms with Crippen molar-refractivity contribution >= 4 is 40.5 Å². The summed E-state index contributed by atoms with van der Waals surface area (Å²) in [6.07, 6.45) is 8.04. The van der Waals surface area contributed by atoms with Gasteiger partial charge in [-0.05, 0) is 116 Å². The van der Waals surface area contributed by atoms with Crippen molar-refractivity contribution in [3.8, 4) is 0 Å². The van der Waals surface area contributed by atoms with Crippen LogP contribution in [0.25, 0.3) is 0 Å². The molecule has 0 spiro atoms. The van der Waals surface area contributed by atoms with E-state index in [0.717, 1.165) is 17.8 Å². The first kappa shape index (κ1) is 23.1. The summed E-state index contributed by atoms with van der Waals surface area (Å²) in [6, 6.07) is 19.8. The molecular formula is C30H29ClN2O3. The van der Waals surface area contributed by atoms with Crippen LogP contribution < -0.4 is 10.6 Å². The molecule has 4 fully saturated rings. The molecule has 3 N–H and O–H groups in total. The largest absolute Gasteiger partial charge is 0.478 e. The van der Waals surface area contributed by atoms with E-state index < -0.39 is 5.97 Å². The predicted molar refractivity (Wildman–Crippen MR) is 142 cm³/mol. The third-order valence-electron chi connectivity index (χ3n) is 8.45. The zero-order chi connectivity index (χ0) is 24.9. The number of hydrogen-bond acceptors (Lipinski definition) is 3. The van der Waals surface area contributed by atoms with Crippen LogP contribution in [0.4, 0.5) is 17.1 Å². The summed E-state index contributed by atoms with van der Waals surface area (Å²) in [6.45, 7) is 0. The normalized spacial score (nSPS) is 26.0. The van der Waals surface area contributed by atoms with Gasteiger partial charge in [0.15, 0.2) is 0 Å². The van der Waals surface area contributed by atoms with Crippen molar-refractivity contribution in [3.63, 3.8) is 0 Å². The molecule has 0 saturated heterocycles. The second-order valence-corrected chi connectivity index (χ2v) is 11.3. The van der Waals surface area contributed by atoms with Gasteiger partial charge in [0.05, 0.1) is 22.0 Å². The number of rotatable bonds is 6. The quantitative estimate of drug-likeness (QED) is 0.327. The third kappa shape index (κ3) is 4.26. The van der Waals surface area contributed by atoms with E-state index in [-0.39, 0.29) is 16.9 Å². The first-order valence-corrected chi connectivity index (χ1v) is 13.1. The van der Waals surface area contributed by atoms with Crippen LogP contribution in [0.3, 0.4) is 0 Å². The Kier molecular flexibility index (Phi) is 5.76. The topological polar surface area (TPSA) is 78.4 Å². The van der Waals surface area contributed by atoms with Gasteiger partial charge in [-0.15, -0.1) is 0 Å². The summed E-state index contributed by atoms with van der Waals surface area (Å²) >= 11 is 6.68. The molecule has 1 amide bonds. The summed E-state index contributed by atoms with van der Waals surface area (Å²) < 4.78 is 0. The lowest BCUT2D eigenvalue weighted by molar-refractivity contribution is -0.00518. The minimum absolute atomic E-state index is 0.186. The highest BCUT2D eigenvalue weighted by molar-refractivity contribution is 6.34. The van der Waals surface area contributed by atoms with Crippen LogP contribution in [-0.4, -0.2) is 17.0 Å². The average Bonchev–Trinajstić information content (AvgIpc) is 2.85. The highest BCUT2D eigenvalue weighted by Gasteiger charge is 2.51. The molecule has 0 unspecified atom stereocenters. The Morgan fingerprint density at radius 3 is 2.08 bits per heavy atom. The van der Waals surface area contributed by atoms with Crippen molar-refractivity contribution in [2.75, 3.05) is 10.6 Å². The molecule has 36 heavy (non-hydrogen) atoms. The maximum Gasteiger partial charge on any atom is 0.337 e. The molecule has 4 aliphatic carbocycles. The van der Waals surface area contributed by atoms with Gasteiger partial charge in [0.2, 0.25) is 0 Å². The highest BCUT2D eigenvalue weighted by Crippen LogP contribution is 2.61. The number of para-hydroxylation sites is 1. The summed E-state index contributed by atoms with van der Waals surface area (Å²) in [7, 11) is 0. The lowest BCUT2D eigenvalue weighted by Crippen LogP contribution is -2.48. The van der Waals surface area contributed by atoms with Crippen LogP contribution in [0.15, 0.2) is 66.7 Å². The number of hydrogen-bond donors (Lipinski definition) is 3. The maximum absolute atomic E-state index is 12.9. The van der Waals surface area contributed by atoms with Crippen LogP contribution in [0.2, 0.25) is 5.02 Å². The Morgan fingerprint density at radius 2 is 1.47 bits per heavy atom. The predicted octanol–water partition coefficient (Wildman–Crippen LogP) is 7.50. The van der Waals surface area contributed by atoms with E-state index in [1.165, 1.54) is 44.1 Å². The number of carboxylic acids is 1. The van der Waals surface area contributed by atoms with Gasteiger partial charge < -0.3 is 15.7 Å². The van der Waals surface area contributed by atoms with E-state index in [1.54, 1.807) is 48.5 Å². The van der Waals surface area contributed by atoms with Gasteiger partial charge in [-0.25, -0.2) is 4.79 Å². The monoisotopic (exact) mass is 500 g/mol. The van der Waals surface area contributed by atoms with E-state index in [9.17, 15) is 14.7 Å². The van der Waals surface area contributed by atoms with E-state index in [1.807, 2.05) is 6.07 Å². The van der Waals surface area contributed by atoms with Crippen LogP contribution in [0.5, 0.6) is 0 Å². The van der Waals surface area contributed by atoms with Crippen molar-refractivity contribution in [1.29, 1.82) is 0 Å². The highest BCUT2D eigenvalue weighted by atomic mass is 35.5. The van der Waals surface area contributed by atoms with Crippen molar-refractivity contribution in [1.82, 2.24) is 0 Å². The van der Waals surface area contributed by atoms with Gasteiger partial charge in [-0.1, -0.05) is 29.8 Å². The lowest BCUT2D eigenvalue weighted by atomic mass is 9.48. The number of halogens is 1. The van der Waals surface area contributed by atoms with E-state index >= 15 is 0 Å². The summed E-state index contributed by atoms with van der Waals surface area (Å²) in [5.41, 5.74) is 4.09. The average molecular weight is 501 g/mol. The zero-order valence-corrected chi connectivity index (χ0v) is 20.7. The molecule has 5 nitrogen and oxygen atoms in total. The minimum atomic E-state index is -1.000. The molecule has 3 aromatic carbocycles. The number of carbonyl (C=O) groups excluding carboxylic acids is 1. The molecule has 0 radical (unpaired) electrons. The molecule has 0 aliphatic heterocycles. The smallest absolute Gasteiger partial charge is 0.337 e. The fourth-order valence-electron chi connectivity index (χ4n) is 7.24. The first-order chi connectivity index (χ1) is 17.4. The standard InChI is InChI=1S/C30H29ClN2O3/c31-25-14-22(30-15-18-11-19(16-30)13-20(12-18)17-30)7-10-27(25)33-28(34)21-5-8-23(9-6-21)32-26-4-2-1-3-24(26)29(35)36/h1-10,14,18-20,32H,11-13,15-17H2,(H,33,34)(H,35,36). The van der Waals surface area contributed by atoms with Crippen LogP contribution in [-0.2, 0) is 5.41 Å². The second-order valence-electron chi connectivity index (χ2n) is 10.9. The van der Waals surface area contributed by atoms with E-state index in [4.69, 9.17) is 11.6 Å². The molecule has 0 heterocycles. The number of carboxylic acid groups (broad SMARTS) is 1. The summed E-state index contributed by atoms with van der Waals surface area (Å²) in [5, 5.41) is 16.0. The molecule has 0 atom stereocenters. The van der Waals surface area contributed by atoms with E-state index in [2.05, 4.69) is 22.8 Å². The molecule has 4 aliphatic rings. The second kappa shape index (κ2) is 8.97. The van der Waals surface area contributed by atoms with Crippen molar-refractivity contribution in [2.45, 2.75) is 43.9 Å². The van der Waals surface area contributed by atoms with Gasteiger partial charge in [0.25, 0.3) is 5.91 Å². The van der Waals surface area contributed by atoms with Gasteiger partial charge in [0, 0.05) is 11.3 Å². The van der Waals surface area contributed by atoms with Crippen LogP contribution >= 0.6 is 11.6 Å². The SMILES string of the molecule is O=C(Nc1ccc(C23CC4CC(CC(C4)C2)C3)cc1Cl)c1ccc(Nc2ccccc2C(=O)O)cc1. The number of amides is 1. The molecule has 3 aromatic rings. The summed E-state index contributed by atoms with van der Waals surface area (Å²) in [4.78, 5) is 24.4. The Labute approximate surface area is 215 Å². The molecule has 4 bridgehead atoms. The number of carbonyl (C=O) groups is 2. The lowest BCUT2D eigenvalue weighted by Gasteiger charge is -2.57. The molecular weight excluding hydrogens is 472 g/mol. The number of anilines is 3. The van der Waals surface area contributed by atoms with Crippen molar-refractivity contribution in [2.24, 2.45) is 17.8 Å². The Morgan fingerprint density at radius 1 is 0.833 bits per heavy atom. The Balaban J connectivity index is 1.15. The number of benzene rings is 3. The van der Waals surface area contributed by atoms with Gasteiger partial charge in [-0.3, -0.25) is 4.79 Å². The van der Waals surface area contributed by atoms with E-state index in [0.29, 0.717) is 27.6 Å². The molecule has 184 valence electrons. The van der Waals surface area contributed by atoms with Crippen LogP contribution in [0, 0.1) is 17.8 Å². The zero-order valence-electron chi connectivity index (χ0n) is 20.0. The fraction of sp³-hybridized carbons (Fsp3) is 0.333. The van der Waals surface area contributed by atoms with Crippen molar-refractivity contribution in [3.05, 3.63) is 88.4 Å². The Hall–Kier alpha value is -3.31. The van der Waals surface area contributed by atoms with Gasteiger partial charge in [0.1, 0.15) is 0 Å².